The van der Waals surface area contributed by atoms with Crippen molar-refractivity contribution < 1.29 is 9.63 Å². The average molecular weight is 211 g/mol. The predicted octanol–water partition coefficient (Wildman–Crippen LogP) is 0.806. The van der Waals surface area contributed by atoms with Crippen molar-refractivity contribution in [1.29, 1.82) is 0 Å². The average Bonchev–Trinajstić information content (AvgIpc) is 2.64. The molecule has 1 saturated heterocycles. The van der Waals surface area contributed by atoms with E-state index in [1.54, 1.807) is 0 Å². The van der Waals surface area contributed by atoms with E-state index in [0.717, 1.165) is 13.0 Å². The van der Waals surface area contributed by atoms with Crippen LogP contribution in [0, 0.1) is 0 Å². The maximum Gasteiger partial charge on any atom is 0.240 e. The molecule has 1 aromatic rings. The summed E-state index contributed by atoms with van der Waals surface area (Å²) in [4.78, 5) is 6.25. The van der Waals surface area contributed by atoms with E-state index >= 15 is 0 Å². The minimum atomic E-state index is 0.216. The van der Waals surface area contributed by atoms with Gasteiger partial charge in [-0.25, -0.2) is 0 Å². The van der Waals surface area contributed by atoms with Crippen LogP contribution in [-0.4, -0.2) is 39.3 Å². The van der Waals surface area contributed by atoms with Gasteiger partial charge in [-0.1, -0.05) is 18.0 Å². The number of aliphatic hydroxyl groups is 1. The molecular weight excluding hydrogens is 194 g/mol. The summed E-state index contributed by atoms with van der Waals surface area (Å²) in [5.41, 5.74) is 0. The van der Waals surface area contributed by atoms with Gasteiger partial charge in [0.25, 0.3) is 0 Å². The van der Waals surface area contributed by atoms with Gasteiger partial charge in [0, 0.05) is 6.04 Å². The first kappa shape index (κ1) is 10.6. The molecule has 2 heterocycles. The van der Waals surface area contributed by atoms with Crippen LogP contribution >= 0.6 is 0 Å². The first-order chi connectivity index (χ1) is 7.40. The minimum absolute atomic E-state index is 0.216. The minimum Gasteiger partial charge on any atom is -0.395 e. The van der Waals surface area contributed by atoms with Crippen molar-refractivity contribution >= 4 is 0 Å². The molecule has 15 heavy (non-hydrogen) atoms. The Balaban J connectivity index is 1.97. The summed E-state index contributed by atoms with van der Waals surface area (Å²) >= 11 is 0. The Morgan fingerprint density at radius 2 is 2.40 bits per heavy atom. The maximum atomic E-state index is 9.31. The number of aromatic nitrogens is 2. The van der Waals surface area contributed by atoms with Crippen molar-refractivity contribution in [2.75, 3.05) is 13.2 Å². The number of nitrogens with zero attached hydrogens (tertiary/aromatic N) is 3. The molecule has 1 fully saturated rings. The number of aliphatic hydroxyl groups excluding tert-OH is 1. The molecule has 1 atom stereocenters. The van der Waals surface area contributed by atoms with Gasteiger partial charge in [-0.05, 0) is 19.4 Å². The topological polar surface area (TPSA) is 62.4 Å². The predicted molar refractivity (Wildman–Crippen MR) is 54.0 cm³/mol. The second-order valence-electron chi connectivity index (χ2n) is 3.99. The van der Waals surface area contributed by atoms with Gasteiger partial charge >= 0.3 is 0 Å². The lowest BCUT2D eigenvalue weighted by molar-refractivity contribution is 0.107. The van der Waals surface area contributed by atoms with Crippen molar-refractivity contribution in [1.82, 2.24) is 15.0 Å². The summed E-state index contributed by atoms with van der Waals surface area (Å²) in [7, 11) is 0. The molecule has 0 amide bonds. The Morgan fingerprint density at radius 1 is 1.47 bits per heavy atom. The quantitative estimate of drug-likeness (QED) is 0.801. The fourth-order valence-corrected chi connectivity index (χ4v) is 2.09. The molecule has 1 aliphatic rings. The summed E-state index contributed by atoms with van der Waals surface area (Å²) in [5, 5.41) is 12.9. The van der Waals surface area contributed by atoms with Gasteiger partial charge in [0.15, 0.2) is 6.33 Å². The Bertz CT molecular complexity index is 276. The molecule has 5 heteroatoms. The van der Waals surface area contributed by atoms with Gasteiger partial charge < -0.3 is 9.63 Å². The van der Waals surface area contributed by atoms with E-state index in [4.69, 9.17) is 4.52 Å². The van der Waals surface area contributed by atoms with Gasteiger partial charge in [-0.15, -0.1) is 0 Å². The molecule has 0 aromatic carbocycles. The van der Waals surface area contributed by atoms with Crippen molar-refractivity contribution in [3.63, 3.8) is 0 Å². The van der Waals surface area contributed by atoms with Gasteiger partial charge in [-0.2, -0.15) is 4.98 Å². The zero-order valence-electron chi connectivity index (χ0n) is 8.80. The molecule has 0 saturated carbocycles. The molecule has 1 unspecified atom stereocenters. The molecule has 1 aromatic heterocycles. The molecule has 0 bridgehead atoms. The molecule has 1 N–H and O–H groups in total. The Kier molecular flexibility index (Phi) is 3.69. The summed E-state index contributed by atoms with van der Waals surface area (Å²) < 4.78 is 4.99. The maximum absolute atomic E-state index is 9.31. The zero-order valence-corrected chi connectivity index (χ0v) is 8.80. The van der Waals surface area contributed by atoms with E-state index in [9.17, 15) is 5.11 Å². The van der Waals surface area contributed by atoms with Crippen LogP contribution in [0.3, 0.4) is 0 Å². The zero-order chi connectivity index (χ0) is 10.5. The van der Waals surface area contributed by atoms with E-state index in [1.165, 1.54) is 25.6 Å². The SMILES string of the molecule is OCC1CCCCCN1Cc1ncno1. The smallest absolute Gasteiger partial charge is 0.240 e. The molecule has 5 nitrogen and oxygen atoms in total. The summed E-state index contributed by atoms with van der Waals surface area (Å²) in [5.74, 6) is 0.635. The highest BCUT2D eigenvalue weighted by atomic mass is 16.5. The third kappa shape index (κ3) is 2.76. The van der Waals surface area contributed by atoms with Crippen LogP contribution in [0.1, 0.15) is 31.6 Å². The summed E-state index contributed by atoms with van der Waals surface area (Å²) in [6.07, 6.45) is 6.11. The van der Waals surface area contributed by atoms with Gasteiger partial charge in [0.1, 0.15) is 0 Å². The van der Waals surface area contributed by atoms with Crippen LogP contribution in [-0.2, 0) is 6.54 Å². The van der Waals surface area contributed by atoms with Crippen molar-refractivity contribution in [3.05, 3.63) is 12.2 Å². The number of hydrogen-bond acceptors (Lipinski definition) is 5. The molecule has 0 spiro atoms. The second-order valence-corrected chi connectivity index (χ2v) is 3.99. The molecular formula is C10H17N3O2. The highest BCUT2D eigenvalue weighted by Gasteiger charge is 2.21. The highest BCUT2D eigenvalue weighted by molar-refractivity contribution is 4.81. The monoisotopic (exact) mass is 211 g/mol. The number of rotatable bonds is 3. The van der Waals surface area contributed by atoms with Crippen molar-refractivity contribution in [3.8, 4) is 0 Å². The molecule has 84 valence electrons. The molecule has 0 radical (unpaired) electrons. The van der Waals surface area contributed by atoms with Crippen LogP contribution in [0.2, 0.25) is 0 Å². The van der Waals surface area contributed by atoms with Crippen LogP contribution in [0.4, 0.5) is 0 Å². The number of hydrogen-bond donors (Lipinski definition) is 1. The van der Waals surface area contributed by atoms with E-state index in [2.05, 4.69) is 15.0 Å². The van der Waals surface area contributed by atoms with E-state index < -0.39 is 0 Å². The first-order valence-electron chi connectivity index (χ1n) is 5.50. The first-order valence-corrected chi connectivity index (χ1v) is 5.50. The molecule has 2 rings (SSSR count). The largest absolute Gasteiger partial charge is 0.395 e. The van der Waals surface area contributed by atoms with E-state index in [0.29, 0.717) is 12.4 Å². The Morgan fingerprint density at radius 3 is 3.13 bits per heavy atom. The Hall–Kier alpha value is -0.940. The molecule has 1 aliphatic heterocycles. The Labute approximate surface area is 89.1 Å². The van der Waals surface area contributed by atoms with Crippen molar-refractivity contribution in [2.24, 2.45) is 0 Å². The normalized spacial score (nSPS) is 23.9. The van der Waals surface area contributed by atoms with Gasteiger partial charge in [0.05, 0.1) is 13.2 Å². The lowest BCUT2D eigenvalue weighted by atomic mass is 10.1. The fourth-order valence-electron chi connectivity index (χ4n) is 2.09. The third-order valence-electron chi connectivity index (χ3n) is 2.96. The molecule has 0 aliphatic carbocycles. The highest BCUT2D eigenvalue weighted by Crippen LogP contribution is 2.18. The number of likely N-dealkylation sites (tertiary alicyclic amines) is 1. The summed E-state index contributed by atoms with van der Waals surface area (Å²) in [6.45, 7) is 1.88. The standard InChI is InChI=1S/C10H17N3O2/c14-7-9-4-2-1-3-5-13(9)6-10-11-8-12-15-10/h8-9,14H,1-7H2. The van der Waals surface area contributed by atoms with Crippen molar-refractivity contribution in [2.45, 2.75) is 38.3 Å². The van der Waals surface area contributed by atoms with Crippen LogP contribution in [0.5, 0.6) is 0 Å². The van der Waals surface area contributed by atoms with E-state index in [1.807, 2.05) is 0 Å². The van der Waals surface area contributed by atoms with E-state index in [-0.39, 0.29) is 12.6 Å². The lowest BCUT2D eigenvalue weighted by Gasteiger charge is -2.26. The lowest BCUT2D eigenvalue weighted by Crippen LogP contribution is -2.37. The van der Waals surface area contributed by atoms with Crippen LogP contribution < -0.4 is 0 Å². The van der Waals surface area contributed by atoms with Crippen LogP contribution in [0.15, 0.2) is 10.9 Å². The van der Waals surface area contributed by atoms with Gasteiger partial charge in [0.2, 0.25) is 5.89 Å². The van der Waals surface area contributed by atoms with Crippen LogP contribution in [0.25, 0.3) is 0 Å². The second kappa shape index (κ2) is 5.23. The fraction of sp³-hybridized carbons (Fsp3) is 0.800. The third-order valence-corrected chi connectivity index (χ3v) is 2.96. The summed E-state index contributed by atoms with van der Waals surface area (Å²) in [6, 6.07) is 0.249. The van der Waals surface area contributed by atoms with Gasteiger partial charge in [-0.3, -0.25) is 4.90 Å².